The predicted octanol–water partition coefficient (Wildman–Crippen LogP) is 6.87. The monoisotopic (exact) mass is 537 g/mol. The molecule has 2 aliphatic rings. The summed E-state index contributed by atoms with van der Waals surface area (Å²) in [5.74, 6) is 0.796. The molecule has 0 unspecified atom stereocenters. The highest BCUT2D eigenvalue weighted by molar-refractivity contribution is 7.88. The van der Waals surface area contributed by atoms with Crippen LogP contribution in [0.2, 0.25) is 0 Å². The van der Waals surface area contributed by atoms with Gasteiger partial charge in [0, 0.05) is 34.5 Å². The van der Waals surface area contributed by atoms with Crippen molar-refractivity contribution in [3.63, 3.8) is 0 Å². The Morgan fingerprint density at radius 1 is 1.00 bits per heavy atom. The molecule has 0 amide bonds. The Labute approximate surface area is 223 Å². The van der Waals surface area contributed by atoms with Crippen LogP contribution < -0.4 is 19.0 Å². The molecular formula is C30H32FNO5S. The Bertz CT molecular complexity index is 1540. The van der Waals surface area contributed by atoms with Crippen molar-refractivity contribution in [1.29, 1.82) is 0 Å². The zero-order valence-corrected chi connectivity index (χ0v) is 23.0. The van der Waals surface area contributed by atoms with Crippen molar-refractivity contribution in [3.05, 3.63) is 77.1 Å². The number of nitrogens with one attached hydrogen (secondary N) is 1. The second-order valence-electron chi connectivity index (χ2n) is 10.5. The molecule has 1 N–H and O–H groups in total. The second-order valence-corrected chi connectivity index (χ2v) is 12.3. The number of ether oxygens (including phenoxy) is 2. The van der Waals surface area contributed by atoms with Crippen LogP contribution in [0.5, 0.6) is 17.2 Å². The standard InChI is InChI=1S/C30H32FNO5S/c1-18-6-7-20(31)14-27(18)36-17-25-23(12-13-26-29(25)19(2)16-30(3,4)32-26)24-11-8-21(15-28(24)35-5)37-38(33,34)22-9-10-22/h6-8,11-16,22,32H,9-10,17H2,1-5H3. The van der Waals surface area contributed by atoms with Gasteiger partial charge in [-0.3, -0.25) is 0 Å². The molecule has 3 aromatic carbocycles. The molecule has 1 aliphatic heterocycles. The third-order valence-electron chi connectivity index (χ3n) is 6.87. The van der Waals surface area contributed by atoms with Gasteiger partial charge in [-0.05, 0) is 81.5 Å². The van der Waals surface area contributed by atoms with E-state index in [1.165, 1.54) is 19.2 Å². The highest BCUT2D eigenvalue weighted by Gasteiger charge is 2.38. The van der Waals surface area contributed by atoms with Crippen LogP contribution in [-0.4, -0.2) is 26.3 Å². The van der Waals surface area contributed by atoms with Crippen molar-refractivity contribution in [1.82, 2.24) is 0 Å². The minimum atomic E-state index is -3.65. The highest BCUT2D eigenvalue weighted by atomic mass is 32.2. The summed E-state index contributed by atoms with van der Waals surface area (Å²) in [6.45, 7) is 8.35. The van der Waals surface area contributed by atoms with Crippen molar-refractivity contribution in [2.24, 2.45) is 0 Å². The minimum absolute atomic E-state index is 0.188. The van der Waals surface area contributed by atoms with Crippen molar-refractivity contribution in [2.75, 3.05) is 12.4 Å². The Balaban J connectivity index is 1.60. The van der Waals surface area contributed by atoms with Crippen LogP contribution in [0.15, 0.2) is 54.6 Å². The average molecular weight is 538 g/mol. The highest BCUT2D eigenvalue weighted by Crippen LogP contribution is 2.44. The summed E-state index contributed by atoms with van der Waals surface area (Å²) in [5, 5.41) is 3.14. The van der Waals surface area contributed by atoms with Gasteiger partial charge in [-0.1, -0.05) is 18.2 Å². The number of hydrogen-bond donors (Lipinski definition) is 1. The van der Waals surface area contributed by atoms with E-state index >= 15 is 0 Å². The number of aryl methyl sites for hydroxylation is 1. The van der Waals surface area contributed by atoms with Crippen LogP contribution >= 0.6 is 0 Å². The molecule has 0 spiro atoms. The van der Waals surface area contributed by atoms with Crippen LogP contribution in [0, 0.1) is 12.7 Å². The molecule has 200 valence electrons. The number of rotatable bonds is 8. The maximum Gasteiger partial charge on any atom is 0.312 e. The van der Waals surface area contributed by atoms with Crippen LogP contribution in [0.3, 0.4) is 0 Å². The number of benzene rings is 3. The Morgan fingerprint density at radius 2 is 1.74 bits per heavy atom. The van der Waals surface area contributed by atoms with Crippen molar-refractivity contribution >= 4 is 21.4 Å². The van der Waals surface area contributed by atoms with E-state index in [-0.39, 0.29) is 23.7 Å². The van der Waals surface area contributed by atoms with E-state index in [9.17, 15) is 12.8 Å². The van der Waals surface area contributed by atoms with Gasteiger partial charge in [0.1, 0.15) is 29.7 Å². The molecule has 6 nitrogen and oxygen atoms in total. The van der Waals surface area contributed by atoms with E-state index in [4.69, 9.17) is 13.7 Å². The van der Waals surface area contributed by atoms with Gasteiger partial charge < -0.3 is 19.0 Å². The number of methoxy groups -OCH3 is 1. The van der Waals surface area contributed by atoms with E-state index < -0.39 is 15.4 Å². The van der Waals surface area contributed by atoms with E-state index in [0.717, 1.165) is 39.1 Å². The third-order valence-corrected chi connectivity index (χ3v) is 8.58. The van der Waals surface area contributed by atoms with Gasteiger partial charge in [0.05, 0.1) is 17.9 Å². The molecule has 1 heterocycles. The largest absolute Gasteiger partial charge is 0.496 e. The number of anilines is 1. The average Bonchev–Trinajstić information content (AvgIpc) is 3.70. The van der Waals surface area contributed by atoms with Crippen LogP contribution in [-0.2, 0) is 16.7 Å². The molecule has 5 rings (SSSR count). The summed E-state index contributed by atoms with van der Waals surface area (Å²) >= 11 is 0. The van der Waals surface area contributed by atoms with Crippen LogP contribution in [0.4, 0.5) is 10.1 Å². The number of allylic oxidation sites excluding steroid dienone is 1. The predicted molar refractivity (Wildman–Crippen MR) is 148 cm³/mol. The smallest absolute Gasteiger partial charge is 0.312 e. The maximum atomic E-state index is 14.0. The normalized spacial score (nSPS) is 16.2. The SMILES string of the molecule is COc1cc(OS(=O)(=O)C2CC2)ccc1-c1ccc2c(c1COc1cc(F)ccc1C)C(C)=CC(C)(C)N2. The second kappa shape index (κ2) is 9.66. The molecule has 1 fully saturated rings. The van der Waals surface area contributed by atoms with E-state index in [2.05, 4.69) is 32.2 Å². The van der Waals surface area contributed by atoms with Crippen LogP contribution in [0.1, 0.15) is 50.3 Å². The van der Waals surface area contributed by atoms with Gasteiger partial charge in [-0.25, -0.2) is 4.39 Å². The van der Waals surface area contributed by atoms with E-state index in [1.54, 1.807) is 24.3 Å². The summed E-state index contributed by atoms with van der Waals surface area (Å²) in [4.78, 5) is 0. The first kappa shape index (κ1) is 26.1. The number of hydrogen-bond acceptors (Lipinski definition) is 6. The van der Waals surface area contributed by atoms with Gasteiger partial charge in [-0.15, -0.1) is 0 Å². The third kappa shape index (κ3) is 5.23. The van der Waals surface area contributed by atoms with E-state index in [0.29, 0.717) is 24.3 Å². The maximum absolute atomic E-state index is 14.0. The fourth-order valence-corrected chi connectivity index (χ4v) is 6.21. The lowest BCUT2D eigenvalue weighted by Crippen LogP contribution is -2.32. The zero-order chi connectivity index (χ0) is 27.2. The van der Waals surface area contributed by atoms with E-state index in [1.807, 2.05) is 19.1 Å². The first-order valence-electron chi connectivity index (χ1n) is 12.6. The summed E-state index contributed by atoms with van der Waals surface area (Å²) in [6, 6.07) is 13.6. The molecule has 1 saturated carbocycles. The first-order chi connectivity index (χ1) is 18.0. The van der Waals surface area contributed by atoms with Gasteiger partial charge >= 0.3 is 10.1 Å². The molecular weight excluding hydrogens is 505 g/mol. The fourth-order valence-electron chi connectivity index (χ4n) is 4.99. The summed E-state index contributed by atoms with van der Waals surface area (Å²) in [6.07, 6.45) is 3.42. The lowest BCUT2D eigenvalue weighted by molar-refractivity contribution is 0.302. The minimum Gasteiger partial charge on any atom is -0.496 e. The molecule has 38 heavy (non-hydrogen) atoms. The quantitative estimate of drug-likeness (QED) is 0.316. The van der Waals surface area contributed by atoms with Gasteiger partial charge in [0.15, 0.2) is 0 Å². The molecule has 8 heteroatoms. The Morgan fingerprint density at radius 3 is 2.45 bits per heavy atom. The Hall–Kier alpha value is -3.52. The molecule has 0 saturated heterocycles. The van der Waals surface area contributed by atoms with Crippen molar-refractivity contribution in [2.45, 2.75) is 57.9 Å². The molecule has 0 bridgehead atoms. The molecule has 1 aliphatic carbocycles. The summed E-state index contributed by atoms with van der Waals surface area (Å²) in [7, 11) is -2.11. The number of halogens is 1. The lowest BCUT2D eigenvalue weighted by Gasteiger charge is -2.33. The zero-order valence-electron chi connectivity index (χ0n) is 22.2. The van der Waals surface area contributed by atoms with Gasteiger partial charge in [0.25, 0.3) is 0 Å². The first-order valence-corrected chi connectivity index (χ1v) is 14.1. The topological polar surface area (TPSA) is 73.9 Å². The Kier molecular flexibility index (Phi) is 6.63. The molecule has 0 radical (unpaired) electrons. The number of fused-ring (bicyclic) bond motifs is 1. The molecule has 0 atom stereocenters. The van der Waals surface area contributed by atoms with Crippen molar-refractivity contribution in [3.8, 4) is 28.4 Å². The van der Waals surface area contributed by atoms with Crippen LogP contribution in [0.25, 0.3) is 16.7 Å². The lowest BCUT2D eigenvalue weighted by atomic mass is 9.85. The molecule has 0 aromatic heterocycles. The van der Waals surface area contributed by atoms with Crippen molar-refractivity contribution < 1.29 is 26.5 Å². The summed E-state index contributed by atoms with van der Waals surface area (Å²) < 4.78 is 56.0. The van der Waals surface area contributed by atoms with Gasteiger partial charge in [0.2, 0.25) is 0 Å². The van der Waals surface area contributed by atoms with Gasteiger partial charge in [-0.2, -0.15) is 8.42 Å². The fraction of sp³-hybridized carbons (Fsp3) is 0.333. The molecule has 3 aromatic rings. The summed E-state index contributed by atoms with van der Waals surface area (Å²) in [5.41, 5.74) is 6.21.